The normalized spacial score (nSPS) is 13.1. The van der Waals surface area contributed by atoms with Crippen LogP contribution in [0.1, 0.15) is 58.8 Å². The molecular weight excluding hydrogens is 433 g/mol. The summed E-state index contributed by atoms with van der Waals surface area (Å²) in [7, 11) is -1.55. The number of amides is 1. The first kappa shape index (κ1) is 25.9. The summed E-state index contributed by atoms with van der Waals surface area (Å²) in [5.41, 5.74) is 0. The molecule has 2 atom stereocenters. The van der Waals surface area contributed by atoms with Crippen molar-refractivity contribution in [2.75, 3.05) is 18.8 Å². The molecule has 0 aromatic heterocycles. The van der Waals surface area contributed by atoms with Crippen LogP contribution in [0.5, 0.6) is 0 Å². The van der Waals surface area contributed by atoms with Crippen molar-refractivity contribution in [2.24, 2.45) is 5.92 Å². The van der Waals surface area contributed by atoms with Gasteiger partial charge in [0.1, 0.15) is 0 Å². The van der Waals surface area contributed by atoms with E-state index in [2.05, 4.69) is 13.8 Å². The summed E-state index contributed by atoms with van der Waals surface area (Å²) in [5, 5.41) is 9.93. The second kappa shape index (κ2) is 14.0. The number of hydrogen-bond donors (Lipinski definition) is 1. The summed E-state index contributed by atoms with van der Waals surface area (Å²) in [4.78, 5) is 26.7. The SMILES string of the molecule is CCCCCN(CCCCC)C(=O)C(CC(=O)O)CS(=O)c1ccc(Cl)c(Cl)c1. The lowest BCUT2D eigenvalue weighted by atomic mass is 10.1. The molecule has 1 aromatic rings. The van der Waals surface area contributed by atoms with Gasteiger partial charge in [-0.05, 0) is 31.0 Å². The van der Waals surface area contributed by atoms with Gasteiger partial charge >= 0.3 is 5.97 Å². The van der Waals surface area contributed by atoms with Gasteiger partial charge in [0.2, 0.25) is 5.91 Å². The highest BCUT2D eigenvalue weighted by Gasteiger charge is 2.28. The molecule has 0 radical (unpaired) electrons. The Labute approximate surface area is 186 Å². The van der Waals surface area contributed by atoms with E-state index in [4.69, 9.17) is 23.2 Å². The molecule has 5 nitrogen and oxygen atoms in total. The zero-order valence-corrected chi connectivity index (χ0v) is 19.5. The van der Waals surface area contributed by atoms with Crippen LogP contribution >= 0.6 is 23.2 Å². The number of carboxylic acid groups (broad SMARTS) is 1. The number of rotatable bonds is 14. The van der Waals surface area contributed by atoms with Gasteiger partial charge in [-0.1, -0.05) is 62.7 Å². The van der Waals surface area contributed by atoms with Crippen molar-refractivity contribution in [1.82, 2.24) is 4.90 Å². The highest BCUT2D eigenvalue weighted by Crippen LogP contribution is 2.25. The topological polar surface area (TPSA) is 74.7 Å². The van der Waals surface area contributed by atoms with E-state index < -0.39 is 22.7 Å². The van der Waals surface area contributed by atoms with Gasteiger partial charge in [0.05, 0.1) is 33.2 Å². The highest BCUT2D eigenvalue weighted by atomic mass is 35.5. The zero-order valence-electron chi connectivity index (χ0n) is 17.2. The number of hydrogen-bond acceptors (Lipinski definition) is 3. The molecule has 1 rings (SSSR count). The summed E-state index contributed by atoms with van der Waals surface area (Å²) in [5.74, 6) is -2.20. The van der Waals surface area contributed by atoms with Crippen LogP contribution in [0, 0.1) is 5.92 Å². The molecule has 0 saturated heterocycles. The van der Waals surface area contributed by atoms with Crippen molar-refractivity contribution >= 4 is 45.9 Å². The molecule has 0 heterocycles. The van der Waals surface area contributed by atoms with E-state index in [9.17, 15) is 18.9 Å². The molecular formula is C21H31Cl2NO4S. The molecule has 2 unspecified atom stereocenters. The predicted molar refractivity (Wildman–Crippen MR) is 119 cm³/mol. The molecule has 0 aliphatic carbocycles. The van der Waals surface area contributed by atoms with Crippen molar-refractivity contribution in [1.29, 1.82) is 0 Å². The molecule has 164 valence electrons. The molecule has 0 fully saturated rings. The van der Waals surface area contributed by atoms with Crippen molar-refractivity contribution in [3.05, 3.63) is 28.2 Å². The van der Waals surface area contributed by atoms with Crippen LogP contribution in [-0.2, 0) is 20.4 Å². The second-order valence-corrected chi connectivity index (χ2v) is 9.43. The average molecular weight is 464 g/mol. The molecule has 8 heteroatoms. The summed E-state index contributed by atoms with van der Waals surface area (Å²) in [6, 6.07) is 4.64. The number of nitrogens with zero attached hydrogens (tertiary/aromatic N) is 1. The first-order valence-corrected chi connectivity index (χ1v) is 12.2. The Hall–Kier alpha value is -1.11. The summed E-state index contributed by atoms with van der Waals surface area (Å²) in [6.45, 7) is 5.39. The standard InChI is InChI=1S/C21H31Cl2NO4S/c1-3-5-7-11-24(12-8-6-4-2)21(27)16(13-20(25)26)15-29(28)17-9-10-18(22)19(23)14-17/h9-10,14,16H,3-8,11-13,15H2,1-2H3,(H,25,26). The fraction of sp³-hybridized carbons (Fsp3) is 0.619. The zero-order chi connectivity index (χ0) is 21.8. The van der Waals surface area contributed by atoms with Gasteiger partial charge in [0.15, 0.2) is 0 Å². The van der Waals surface area contributed by atoms with E-state index in [-0.39, 0.29) is 23.1 Å². The Morgan fingerprint density at radius 2 is 1.62 bits per heavy atom. The van der Waals surface area contributed by atoms with Crippen LogP contribution in [0.3, 0.4) is 0 Å². The van der Waals surface area contributed by atoms with E-state index in [1.807, 2.05) is 0 Å². The Morgan fingerprint density at radius 1 is 1.03 bits per heavy atom. The lowest BCUT2D eigenvalue weighted by molar-refractivity contribution is -0.144. The molecule has 0 aliphatic heterocycles. The largest absolute Gasteiger partial charge is 0.481 e. The minimum atomic E-state index is -1.55. The van der Waals surface area contributed by atoms with Gasteiger partial charge < -0.3 is 10.0 Å². The molecule has 0 saturated carbocycles. The fourth-order valence-corrected chi connectivity index (χ4v) is 4.67. The van der Waals surface area contributed by atoms with E-state index in [1.165, 1.54) is 6.07 Å². The van der Waals surface area contributed by atoms with Gasteiger partial charge in [0.25, 0.3) is 0 Å². The van der Waals surface area contributed by atoms with Gasteiger partial charge in [-0.25, -0.2) is 0 Å². The highest BCUT2D eigenvalue weighted by molar-refractivity contribution is 7.85. The van der Waals surface area contributed by atoms with E-state index >= 15 is 0 Å². The summed E-state index contributed by atoms with van der Waals surface area (Å²) in [6.07, 6.45) is 5.51. The molecule has 29 heavy (non-hydrogen) atoms. The number of aliphatic carboxylic acids is 1. The van der Waals surface area contributed by atoms with Crippen LogP contribution in [-0.4, -0.2) is 44.9 Å². The Balaban J connectivity index is 2.95. The molecule has 1 N–H and O–H groups in total. The Morgan fingerprint density at radius 3 is 2.10 bits per heavy atom. The third-order valence-corrected chi connectivity index (χ3v) is 6.88. The molecule has 0 spiro atoms. The maximum atomic E-state index is 13.1. The van der Waals surface area contributed by atoms with Gasteiger partial charge in [-0.2, -0.15) is 0 Å². The molecule has 0 aliphatic rings. The maximum absolute atomic E-state index is 13.1. The van der Waals surface area contributed by atoms with E-state index in [0.29, 0.717) is 23.0 Å². The third kappa shape index (κ3) is 9.49. The van der Waals surface area contributed by atoms with E-state index in [0.717, 1.165) is 38.5 Å². The lowest BCUT2D eigenvalue weighted by Crippen LogP contribution is -2.40. The second-order valence-electron chi connectivity index (χ2n) is 7.12. The first-order valence-electron chi connectivity index (χ1n) is 10.1. The molecule has 1 amide bonds. The monoisotopic (exact) mass is 463 g/mol. The minimum absolute atomic E-state index is 0.0544. The van der Waals surface area contributed by atoms with Crippen molar-refractivity contribution in [2.45, 2.75) is 63.7 Å². The van der Waals surface area contributed by atoms with E-state index in [1.54, 1.807) is 17.0 Å². The lowest BCUT2D eigenvalue weighted by Gasteiger charge is -2.27. The number of benzene rings is 1. The summed E-state index contributed by atoms with van der Waals surface area (Å²) < 4.78 is 12.8. The quantitative estimate of drug-likeness (QED) is 0.374. The van der Waals surface area contributed by atoms with Crippen LogP contribution in [0.2, 0.25) is 10.0 Å². The van der Waals surface area contributed by atoms with Gasteiger partial charge in [-0.15, -0.1) is 0 Å². The predicted octanol–water partition coefficient (Wildman–Crippen LogP) is 5.40. The molecule has 0 bridgehead atoms. The van der Waals surface area contributed by atoms with Crippen LogP contribution in [0.4, 0.5) is 0 Å². The Bertz CT molecular complexity index is 689. The number of halogens is 2. The fourth-order valence-electron chi connectivity index (χ4n) is 3.02. The van der Waals surface area contributed by atoms with Crippen LogP contribution in [0.15, 0.2) is 23.1 Å². The minimum Gasteiger partial charge on any atom is -0.481 e. The number of unbranched alkanes of at least 4 members (excludes halogenated alkanes) is 4. The third-order valence-electron chi connectivity index (χ3n) is 4.65. The number of carboxylic acids is 1. The smallest absolute Gasteiger partial charge is 0.304 e. The van der Waals surface area contributed by atoms with Crippen molar-refractivity contribution in [3.8, 4) is 0 Å². The van der Waals surface area contributed by atoms with Gasteiger partial charge in [0, 0.05) is 23.7 Å². The van der Waals surface area contributed by atoms with Crippen LogP contribution < -0.4 is 0 Å². The maximum Gasteiger partial charge on any atom is 0.304 e. The average Bonchev–Trinajstić information content (AvgIpc) is 2.67. The first-order chi connectivity index (χ1) is 13.8. The van der Waals surface area contributed by atoms with Crippen LogP contribution in [0.25, 0.3) is 0 Å². The number of carbonyl (C=O) groups excluding carboxylic acids is 1. The number of carbonyl (C=O) groups is 2. The van der Waals surface area contributed by atoms with Crippen molar-refractivity contribution < 1.29 is 18.9 Å². The Kier molecular flexibility index (Phi) is 12.5. The molecule has 1 aromatic carbocycles. The van der Waals surface area contributed by atoms with Crippen molar-refractivity contribution in [3.63, 3.8) is 0 Å². The summed E-state index contributed by atoms with van der Waals surface area (Å²) >= 11 is 11.9. The van der Waals surface area contributed by atoms with Gasteiger partial charge in [-0.3, -0.25) is 13.8 Å².